The third-order valence-corrected chi connectivity index (χ3v) is 8.28. The van der Waals surface area contributed by atoms with Gasteiger partial charge in [-0.15, -0.1) is 0 Å². The third kappa shape index (κ3) is 5.29. The number of hydrogen-bond acceptors (Lipinski definition) is 5. The van der Waals surface area contributed by atoms with Crippen molar-refractivity contribution in [2.75, 3.05) is 27.3 Å². The predicted octanol–water partition coefficient (Wildman–Crippen LogP) is 4.41. The van der Waals surface area contributed by atoms with Gasteiger partial charge in [-0.2, -0.15) is 5.10 Å². The number of aromatic nitrogens is 2. The van der Waals surface area contributed by atoms with Crippen molar-refractivity contribution >= 4 is 22.7 Å². The zero-order valence-corrected chi connectivity index (χ0v) is 21.9. The summed E-state index contributed by atoms with van der Waals surface area (Å²) in [7, 11) is 3.29. The van der Waals surface area contributed by atoms with E-state index in [4.69, 9.17) is 9.47 Å². The number of nitrogens with zero attached hydrogens (tertiary/aromatic N) is 2. The van der Waals surface area contributed by atoms with Gasteiger partial charge < -0.3 is 19.7 Å². The lowest BCUT2D eigenvalue weighted by Crippen LogP contribution is -2.42. The summed E-state index contributed by atoms with van der Waals surface area (Å²) in [6, 6.07) is 9.68. The first-order chi connectivity index (χ1) is 17.9. The second kappa shape index (κ2) is 10.4. The molecule has 3 aromatic rings. The van der Waals surface area contributed by atoms with Crippen LogP contribution in [0.1, 0.15) is 60.0 Å². The molecule has 37 heavy (non-hydrogen) atoms. The van der Waals surface area contributed by atoms with E-state index in [1.54, 1.807) is 20.4 Å². The maximum Gasteiger partial charge on any atom is 0.251 e. The summed E-state index contributed by atoms with van der Waals surface area (Å²) in [5, 5.41) is 11.3. The lowest BCUT2D eigenvalue weighted by atomic mass is 9.72. The molecule has 2 aromatic carbocycles. The predicted molar refractivity (Wildman–Crippen MR) is 142 cm³/mol. The number of nitrogens with one attached hydrogen (secondary N) is 2. The van der Waals surface area contributed by atoms with Crippen LogP contribution >= 0.6 is 0 Å². The second-order valence-corrected chi connectivity index (χ2v) is 10.6. The maximum atomic E-state index is 13.1. The van der Waals surface area contributed by atoms with Crippen LogP contribution in [0.3, 0.4) is 0 Å². The number of carbonyl (C=O) groups excluding carboxylic acids is 2. The van der Waals surface area contributed by atoms with Gasteiger partial charge in [0.1, 0.15) is 11.5 Å². The summed E-state index contributed by atoms with van der Waals surface area (Å²) >= 11 is 0. The van der Waals surface area contributed by atoms with Crippen molar-refractivity contribution in [2.24, 2.45) is 5.41 Å². The smallest absolute Gasteiger partial charge is 0.251 e. The molecule has 1 aromatic heterocycles. The Morgan fingerprint density at radius 1 is 1.14 bits per heavy atom. The third-order valence-electron chi connectivity index (χ3n) is 8.28. The molecule has 2 aliphatic rings. The highest BCUT2D eigenvalue weighted by Gasteiger charge is 2.42. The van der Waals surface area contributed by atoms with Gasteiger partial charge in [-0.25, -0.2) is 0 Å². The number of amides is 2. The Kier molecular flexibility index (Phi) is 7.09. The number of likely N-dealkylation sites (tertiary alicyclic amines) is 1. The molecule has 2 N–H and O–H groups in total. The highest BCUT2D eigenvalue weighted by Crippen LogP contribution is 2.44. The highest BCUT2D eigenvalue weighted by atomic mass is 16.5. The molecule has 0 bridgehead atoms. The zero-order valence-electron chi connectivity index (χ0n) is 21.9. The second-order valence-electron chi connectivity index (χ2n) is 10.6. The molecular weight excluding hydrogens is 468 g/mol. The number of H-pyrrole nitrogens is 1. The summed E-state index contributed by atoms with van der Waals surface area (Å²) < 4.78 is 10.8. The van der Waals surface area contributed by atoms with E-state index in [0.29, 0.717) is 18.4 Å². The molecule has 5 rings (SSSR count). The molecule has 0 unspecified atom stereocenters. The standard InChI is InChI=1S/C29H36N4O4/c1-19-14-21(15-22-17-30-32-27(19)22)28(35)31-23-8-10-29(11-9-23)12-13-33(18-29)26(34)7-4-20-16-24(36-2)5-6-25(20)37-3/h5-6,14-17,23H,4,7-13,18H2,1-3H3,(H,30,32)(H,31,35). The minimum absolute atomic E-state index is 0.0247. The van der Waals surface area contributed by atoms with Crippen LogP contribution in [0.4, 0.5) is 0 Å². The molecule has 1 aliphatic carbocycles. The monoisotopic (exact) mass is 504 g/mol. The number of hydrogen-bond donors (Lipinski definition) is 2. The van der Waals surface area contributed by atoms with E-state index in [-0.39, 0.29) is 23.3 Å². The van der Waals surface area contributed by atoms with E-state index in [1.807, 2.05) is 42.2 Å². The fourth-order valence-corrected chi connectivity index (χ4v) is 6.04. The van der Waals surface area contributed by atoms with Crippen molar-refractivity contribution in [1.29, 1.82) is 0 Å². The Bertz CT molecular complexity index is 1290. The Labute approximate surface area is 217 Å². The van der Waals surface area contributed by atoms with Crippen molar-refractivity contribution in [3.05, 3.63) is 53.2 Å². The summed E-state index contributed by atoms with van der Waals surface area (Å²) in [5.74, 6) is 1.72. The number of benzene rings is 2. The van der Waals surface area contributed by atoms with E-state index in [9.17, 15) is 9.59 Å². The van der Waals surface area contributed by atoms with Crippen molar-refractivity contribution in [1.82, 2.24) is 20.4 Å². The van der Waals surface area contributed by atoms with Crippen LogP contribution in [0.2, 0.25) is 0 Å². The van der Waals surface area contributed by atoms with Gasteiger partial charge in [-0.05, 0) is 92.3 Å². The molecule has 8 nitrogen and oxygen atoms in total. The Balaban J connectivity index is 1.12. The number of ether oxygens (including phenoxy) is 2. The van der Waals surface area contributed by atoms with Gasteiger partial charge in [-0.3, -0.25) is 14.7 Å². The molecule has 1 saturated heterocycles. The lowest BCUT2D eigenvalue weighted by molar-refractivity contribution is -0.130. The van der Waals surface area contributed by atoms with Crippen molar-refractivity contribution < 1.29 is 19.1 Å². The maximum absolute atomic E-state index is 13.1. The fraction of sp³-hybridized carbons (Fsp3) is 0.483. The topological polar surface area (TPSA) is 96.5 Å². The fourth-order valence-electron chi connectivity index (χ4n) is 6.04. The average molecular weight is 505 g/mol. The van der Waals surface area contributed by atoms with Crippen molar-refractivity contribution in [2.45, 2.75) is 57.9 Å². The van der Waals surface area contributed by atoms with Crippen LogP contribution in [0.25, 0.3) is 10.9 Å². The molecule has 2 heterocycles. The molecule has 1 saturated carbocycles. The van der Waals surface area contributed by atoms with Crippen LogP contribution in [0.15, 0.2) is 36.5 Å². The number of carbonyl (C=O) groups is 2. The van der Waals surface area contributed by atoms with Gasteiger partial charge in [0.2, 0.25) is 5.91 Å². The van der Waals surface area contributed by atoms with E-state index < -0.39 is 0 Å². The van der Waals surface area contributed by atoms with E-state index in [2.05, 4.69) is 15.5 Å². The molecule has 2 amide bonds. The van der Waals surface area contributed by atoms with Gasteiger partial charge in [0.15, 0.2) is 0 Å². The van der Waals surface area contributed by atoms with Gasteiger partial charge in [0, 0.05) is 36.5 Å². The van der Waals surface area contributed by atoms with Gasteiger partial charge in [0.25, 0.3) is 5.91 Å². The summed E-state index contributed by atoms with van der Waals surface area (Å²) in [5.41, 5.74) is 3.83. The normalized spacial score (nSPS) is 21.4. The minimum atomic E-state index is -0.0247. The quantitative estimate of drug-likeness (QED) is 0.497. The van der Waals surface area contributed by atoms with Gasteiger partial charge in [-0.1, -0.05) is 0 Å². The minimum Gasteiger partial charge on any atom is -0.497 e. The molecular formula is C29H36N4O4. The number of aryl methyl sites for hydroxylation is 2. The summed E-state index contributed by atoms with van der Waals surface area (Å²) in [4.78, 5) is 28.0. The van der Waals surface area contributed by atoms with Crippen molar-refractivity contribution in [3.63, 3.8) is 0 Å². The van der Waals surface area contributed by atoms with Crippen LogP contribution in [0.5, 0.6) is 11.5 Å². The van der Waals surface area contributed by atoms with Crippen LogP contribution in [-0.4, -0.2) is 60.3 Å². The first-order valence-corrected chi connectivity index (χ1v) is 13.1. The van der Waals surface area contributed by atoms with E-state index in [1.165, 1.54) is 0 Å². The number of fused-ring (bicyclic) bond motifs is 1. The molecule has 0 radical (unpaired) electrons. The number of rotatable bonds is 7. The van der Waals surface area contributed by atoms with E-state index in [0.717, 1.165) is 78.7 Å². The highest BCUT2D eigenvalue weighted by molar-refractivity contribution is 5.99. The van der Waals surface area contributed by atoms with Crippen molar-refractivity contribution in [3.8, 4) is 11.5 Å². The first kappa shape index (κ1) is 25.1. The van der Waals surface area contributed by atoms with Crippen LogP contribution in [-0.2, 0) is 11.2 Å². The lowest BCUT2D eigenvalue weighted by Gasteiger charge is -2.37. The first-order valence-electron chi connectivity index (χ1n) is 13.1. The Hall–Kier alpha value is -3.55. The molecule has 1 aliphatic heterocycles. The number of aromatic amines is 1. The zero-order chi connectivity index (χ0) is 26.0. The summed E-state index contributed by atoms with van der Waals surface area (Å²) in [6.45, 7) is 3.62. The molecule has 1 spiro atoms. The SMILES string of the molecule is COc1ccc(OC)c(CCC(=O)N2CCC3(CCC(NC(=O)c4cc(C)c5[nH]ncc5c4)CC3)C2)c1. The van der Waals surface area contributed by atoms with Gasteiger partial charge in [0.05, 0.1) is 25.9 Å². The molecule has 2 fully saturated rings. The summed E-state index contributed by atoms with van der Waals surface area (Å²) in [6.07, 6.45) is 7.83. The Morgan fingerprint density at radius 2 is 1.95 bits per heavy atom. The molecule has 8 heteroatoms. The Morgan fingerprint density at radius 3 is 2.70 bits per heavy atom. The average Bonchev–Trinajstić information content (AvgIpc) is 3.56. The van der Waals surface area contributed by atoms with Gasteiger partial charge >= 0.3 is 0 Å². The van der Waals surface area contributed by atoms with Crippen LogP contribution in [0, 0.1) is 12.3 Å². The molecule has 196 valence electrons. The van der Waals surface area contributed by atoms with Crippen LogP contribution < -0.4 is 14.8 Å². The largest absolute Gasteiger partial charge is 0.497 e. The van der Waals surface area contributed by atoms with E-state index >= 15 is 0 Å². The number of methoxy groups -OCH3 is 2. The molecule has 0 atom stereocenters.